The predicted octanol–water partition coefficient (Wildman–Crippen LogP) is 2.06. The Bertz CT molecular complexity index is 775. The van der Waals surface area contributed by atoms with Crippen molar-refractivity contribution in [1.29, 1.82) is 0 Å². The number of carbonyl (C=O) groups is 3. The minimum Gasteiger partial charge on any atom is -0.346 e. The van der Waals surface area contributed by atoms with E-state index in [-0.39, 0.29) is 11.9 Å². The van der Waals surface area contributed by atoms with Gasteiger partial charge in [-0.15, -0.1) is 11.3 Å². The molecular weight excluding hydrogens is 352 g/mol. The second-order valence-corrected chi connectivity index (χ2v) is 6.90. The van der Waals surface area contributed by atoms with E-state index in [0.717, 1.165) is 4.88 Å². The molecule has 0 aliphatic heterocycles. The maximum Gasteiger partial charge on any atom is 0.313 e. The van der Waals surface area contributed by atoms with Crippen LogP contribution < -0.4 is 16.0 Å². The van der Waals surface area contributed by atoms with Crippen LogP contribution in [0.15, 0.2) is 41.8 Å². The molecule has 2 aromatic rings. The van der Waals surface area contributed by atoms with Crippen molar-refractivity contribution in [3.63, 3.8) is 0 Å². The molecule has 3 N–H and O–H groups in total. The van der Waals surface area contributed by atoms with Crippen LogP contribution in [0.1, 0.15) is 17.8 Å². The van der Waals surface area contributed by atoms with Gasteiger partial charge in [0, 0.05) is 29.7 Å². The Hall–Kier alpha value is -2.71. The van der Waals surface area contributed by atoms with Crippen LogP contribution in [0.4, 0.5) is 11.4 Å². The molecule has 0 radical (unpaired) electrons. The SMILES string of the molecule is CC(=O)Nc1cccc(NC(=O)C(=O)NC[C@H](c2cccs2)N(C)C)c1. The summed E-state index contributed by atoms with van der Waals surface area (Å²) in [4.78, 5) is 38.4. The van der Waals surface area contributed by atoms with E-state index in [4.69, 9.17) is 0 Å². The highest BCUT2D eigenvalue weighted by Gasteiger charge is 2.19. The molecule has 0 saturated heterocycles. The third kappa shape index (κ3) is 5.68. The van der Waals surface area contributed by atoms with Crippen molar-refractivity contribution in [2.24, 2.45) is 0 Å². The molecule has 8 heteroatoms. The van der Waals surface area contributed by atoms with E-state index in [1.807, 2.05) is 36.5 Å². The number of thiophene rings is 1. The molecule has 0 aliphatic carbocycles. The smallest absolute Gasteiger partial charge is 0.313 e. The molecular formula is C18H22N4O3S. The van der Waals surface area contributed by atoms with Gasteiger partial charge in [0.1, 0.15) is 0 Å². The van der Waals surface area contributed by atoms with Crippen LogP contribution >= 0.6 is 11.3 Å². The largest absolute Gasteiger partial charge is 0.346 e. The number of hydrogen-bond donors (Lipinski definition) is 3. The van der Waals surface area contributed by atoms with Crippen molar-refractivity contribution in [1.82, 2.24) is 10.2 Å². The number of rotatable bonds is 6. The van der Waals surface area contributed by atoms with Gasteiger partial charge < -0.3 is 20.9 Å². The average Bonchev–Trinajstić information content (AvgIpc) is 3.08. The topological polar surface area (TPSA) is 90.5 Å². The van der Waals surface area contributed by atoms with Gasteiger partial charge in [-0.2, -0.15) is 0 Å². The lowest BCUT2D eigenvalue weighted by Gasteiger charge is -2.23. The number of likely N-dealkylation sites (N-methyl/N-ethyl adjacent to an activating group) is 1. The predicted molar refractivity (Wildman–Crippen MR) is 103 cm³/mol. The fourth-order valence-electron chi connectivity index (χ4n) is 2.35. The van der Waals surface area contributed by atoms with Crippen molar-refractivity contribution < 1.29 is 14.4 Å². The van der Waals surface area contributed by atoms with Gasteiger partial charge in [-0.25, -0.2) is 0 Å². The summed E-state index contributed by atoms with van der Waals surface area (Å²) in [7, 11) is 3.84. The third-order valence-corrected chi connectivity index (χ3v) is 4.57. The van der Waals surface area contributed by atoms with E-state index in [1.54, 1.807) is 35.6 Å². The summed E-state index contributed by atoms with van der Waals surface area (Å²) in [6.07, 6.45) is 0. The number of anilines is 2. The van der Waals surface area contributed by atoms with Crippen LogP contribution in [0.3, 0.4) is 0 Å². The molecule has 3 amide bonds. The zero-order valence-electron chi connectivity index (χ0n) is 14.9. The molecule has 0 aliphatic rings. The van der Waals surface area contributed by atoms with Gasteiger partial charge in [-0.05, 0) is 43.7 Å². The first-order valence-corrected chi connectivity index (χ1v) is 8.91. The molecule has 0 spiro atoms. The molecule has 138 valence electrons. The number of hydrogen-bond acceptors (Lipinski definition) is 5. The van der Waals surface area contributed by atoms with Crippen LogP contribution in [0.2, 0.25) is 0 Å². The Balaban J connectivity index is 1.93. The fraction of sp³-hybridized carbons (Fsp3) is 0.278. The van der Waals surface area contributed by atoms with Gasteiger partial charge in [-0.1, -0.05) is 12.1 Å². The van der Waals surface area contributed by atoms with Gasteiger partial charge in [-0.3, -0.25) is 14.4 Å². The van der Waals surface area contributed by atoms with Gasteiger partial charge in [0.05, 0.1) is 6.04 Å². The van der Waals surface area contributed by atoms with Crippen LogP contribution in [0.25, 0.3) is 0 Å². The first kappa shape index (κ1) is 19.6. The van der Waals surface area contributed by atoms with Crippen LogP contribution in [-0.2, 0) is 14.4 Å². The summed E-state index contributed by atoms with van der Waals surface area (Å²) >= 11 is 1.60. The molecule has 0 bridgehead atoms. The lowest BCUT2D eigenvalue weighted by atomic mass is 10.2. The number of amides is 3. The molecule has 0 unspecified atom stereocenters. The van der Waals surface area contributed by atoms with Crippen molar-refractivity contribution >= 4 is 40.4 Å². The second-order valence-electron chi connectivity index (χ2n) is 5.92. The Morgan fingerprint density at radius 3 is 2.31 bits per heavy atom. The standard InChI is InChI=1S/C18H22N4O3S/c1-12(23)20-13-6-4-7-14(10-13)21-18(25)17(24)19-11-15(22(2)3)16-8-5-9-26-16/h4-10,15H,11H2,1-3H3,(H,19,24)(H,20,23)(H,21,25)/t15-/m1/s1. The molecule has 7 nitrogen and oxygen atoms in total. The Morgan fingerprint density at radius 2 is 1.73 bits per heavy atom. The minimum atomic E-state index is -0.756. The summed E-state index contributed by atoms with van der Waals surface area (Å²) in [5.74, 6) is -1.68. The Kier molecular flexibility index (Phi) is 6.88. The lowest BCUT2D eigenvalue weighted by Crippen LogP contribution is -2.40. The molecule has 0 fully saturated rings. The van der Waals surface area contributed by atoms with E-state index in [1.165, 1.54) is 6.92 Å². The highest BCUT2D eigenvalue weighted by Crippen LogP contribution is 2.22. The van der Waals surface area contributed by atoms with Crippen molar-refractivity contribution in [3.8, 4) is 0 Å². The van der Waals surface area contributed by atoms with E-state index in [9.17, 15) is 14.4 Å². The number of nitrogens with zero attached hydrogens (tertiary/aromatic N) is 1. The quantitative estimate of drug-likeness (QED) is 0.675. The minimum absolute atomic E-state index is 0.00477. The highest BCUT2D eigenvalue weighted by atomic mass is 32.1. The molecule has 1 heterocycles. The van der Waals surface area contributed by atoms with Crippen LogP contribution in [0, 0.1) is 0 Å². The Labute approximate surface area is 156 Å². The van der Waals surface area contributed by atoms with Crippen molar-refractivity contribution in [2.75, 3.05) is 31.3 Å². The van der Waals surface area contributed by atoms with E-state index in [2.05, 4.69) is 16.0 Å². The molecule has 2 rings (SSSR count). The fourth-order valence-corrected chi connectivity index (χ4v) is 3.28. The molecule has 1 atom stereocenters. The van der Waals surface area contributed by atoms with Crippen LogP contribution in [0.5, 0.6) is 0 Å². The molecule has 1 aromatic carbocycles. The zero-order valence-corrected chi connectivity index (χ0v) is 15.7. The summed E-state index contributed by atoms with van der Waals surface area (Å²) in [5, 5.41) is 9.79. The third-order valence-electron chi connectivity index (χ3n) is 3.60. The average molecular weight is 374 g/mol. The summed E-state index contributed by atoms with van der Waals surface area (Å²) < 4.78 is 0. The molecule has 1 aromatic heterocycles. The van der Waals surface area contributed by atoms with E-state index >= 15 is 0 Å². The van der Waals surface area contributed by atoms with Crippen molar-refractivity contribution in [2.45, 2.75) is 13.0 Å². The van der Waals surface area contributed by atoms with Gasteiger partial charge in [0.15, 0.2) is 0 Å². The molecule has 0 saturated carbocycles. The van der Waals surface area contributed by atoms with E-state index in [0.29, 0.717) is 17.9 Å². The van der Waals surface area contributed by atoms with E-state index < -0.39 is 11.8 Å². The maximum absolute atomic E-state index is 12.1. The first-order valence-electron chi connectivity index (χ1n) is 8.03. The van der Waals surface area contributed by atoms with Gasteiger partial charge >= 0.3 is 11.8 Å². The summed E-state index contributed by atoms with van der Waals surface area (Å²) in [6.45, 7) is 1.72. The number of nitrogens with one attached hydrogen (secondary N) is 3. The Morgan fingerprint density at radius 1 is 1.04 bits per heavy atom. The zero-order chi connectivity index (χ0) is 19.1. The monoisotopic (exact) mass is 374 g/mol. The first-order chi connectivity index (χ1) is 12.4. The summed E-state index contributed by atoms with van der Waals surface area (Å²) in [6, 6.07) is 10.5. The van der Waals surface area contributed by atoms with Gasteiger partial charge in [0.25, 0.3) is 0 Å². The van der Waals surface area contributed by atoms with Crippen molar-refractivity contribution in [3.05, 3.63) is 46.7 Å². The second kappa shape index (κ2) is 9.12. The number of benzene rings is 1. The normalized spacial score (nSPS) is 11.7. The number of carbonyl (C=O) groups excluding carboxylic acids is 3. The summed E-state index contributed by atoms with van der Waals surface area (Å²) in [5.41, 5.74) is 0.972. The molecule has 26 heavy (non-hydrogen) atoms. The van der Waals surface area contributed by atoms with Gasteiger partial charge in [0.2, 0.25) is 5.91 Å². The highest BCUT2D eigenvalue weighted by molar-refractivity contribution is 7.10. The van der Waals surface area contributed by atoms with Crippen LogP contribution in [-0.4, -0.2) is 43.3 Å². The maximum atomic E-state index is 12.1. The lowest BCUT2D eigenvalue weighted by molar-refractivity contribution is -0.136.